The van der Waals surface area contributed by atoms with Crippen LogP contribution in [0.2, 0.25) is 0 Å². The minimum atomic E-state index is 0.108. The van der Waals surface area contributed by atoms with Gasteiger partial charge in [-0.2, -0.15) is 0 Å². The van der Waals surface area contributed by atoms with Crippen LogP contribution in [0.4, 0.5) is 11.6 Å². The van der Waals surface area contributed by atoms with E-state index in [9.17, 15) is 4.79 Å². The third kappa shape index (κ3) is 4.13. The number of likely N-dealkylation sites (N-methyl/N-ethyl adjacent to an activating group) is 1. The molecular weight excluding hydrogens is 342 g/mol. The Balaban J connectivity index is 1.41. The van der Waals surface area contributed by atoms with E-state index in [1.807, 2.05) is 36.2 Å². The smallest absolute Gasteiger partial charge is 0.241 e. The molecule has 142 valence electrons. The number of carbonyl (C=O) groups excluding carboxylic acids is 1. The van der Waals surface area contributed by atoms with E-state index in [1.54, 1.807) is 4.90 Å². The molecule has 0 unspecified atom stereocenters. The largest absolute Gasteiger partial charge is 0.490 e. The van der Waals surface area contributed by atoms with Crippen LogP contribution in [0.3, 0.4) is 0 Å². The van der Waals surface area contributed by atoms with Crippen LogP contribution in [-0.2, 0) is 11.3 Å². The van der Waals surface area contributed by atoms with E-state index in [2.05, 4.69) is 21.4 Å². The number of benzene rings is 1. The molecular formula is C20H25N5O2. The first-order chi connectivity index (χ1) is 13.2. The summed E-state index contributed by atoms with van der Waals surface area (Å²) >= 11 is 0. The molecule has 2 aliphatic rings. The summed E-state index contributed by atoms with van der Waals surface area (Å²) in [6.07, 6.45) is 5.43. The Morgan fingerprint density at radius 1 is 1.22 bits per heavy atom. The Labute approximate surface area is 159 Å². The fourth-order valence-electron chi connectivity index (χ4n) is 3.19. The zero-order valence-corrected chi connectivity index (χ0v) is 15.6. The highest BCUT2D eigenvalue weighted by Gasteiger charge is 2.22. The SMILES string of the molecule is CN1CCN(c2cc(NCc3ccccc3OC3CCC3)ncn2)CC1=O. The molecule has 4 rings (SSSR count). The first-order valence-electron chi connectivity index (χ1n) is 9.48. The Morgan fingerprint density at radius 2 is 2.07 bits per heavy atom. The van der Waals surface area contributed by atoms with Crippen molar-refractivity contribution in [3.63, 3.8) is 0 Å². The van der Waals surface area contributed by atoms with E-state index in [0.717, 1.165) is 42.3 Å². The number of carbonyl (C=O) groups is 1. The van der Waals surface area contributed by atoms with Gasteiger partial charge in [-0.25, -0.2) is 9.97 Å². The summed E-state index contributed by atoms with van der Waals surface area (Å²) in [6, 6.07) is 10.0. The summed E-state index contributed by atoms with van der Waals surface area (Å²) in [6.45, 7) is 2.46. The third-order valence-electron chi connectivity index (χ3n) is 5.21. The van der Waals surface area contributed by atoms with Gasteiger partial charge in [-0.1, -0.05) is 18.2 Å². The molecule has 7 nitrogen and oxygen atoms in total. The molecule has 27 heavy (non-hydrogen) atoms. The normalized spacial score (nSPS) is 17.6. The maximum Gasteiger partial charge on any atom is 0.241 e. The van der Waals surface area contributed by atoms with Crippen molar-refractivity contribution in [1.29, 1.82) is 0 Å². The number of nitrogens with zero attached hydrogens (tertiary/aromatic N) is 4. The van der Waals surface area contributed by atoms with Crippen LogP contribution >= 0.6 is 0 Å². The maximum absolute atomic E-state index is 11.9. The summed E-state index contributed by atoms with van der Waals surface area (Å²) in [5, 5.41) is 3.36. The molecule has 1 aromatic heterocycles. The molecule has 0 atom stereocenters. The molecule has 1 saturated carbocycles. The Morgan fingerprint density at radius 3 is 2.85 bits per heavy atom. The lowest BCUT2D eigenvalue weighted by Gasteiger charge is -2.32. The average Bonchev–Trinajstić information content (AvgIpc) is 2.66. The monoisotopic (exact) mass is 367 g/mol. The Bertz CT molecular complexity index is 808. The van der Waals surface area contributed by atoms with Crippen molar-refractivity contribution in [2.45, 2.75) is 31.9 Å². The van der Waals surface area contributed by atoms with Crippen molar-refractivity contribution in [2.75, 3.05) is 36.9 Å². The number of hydrogen-bond donors (Lipinski definition) is 1. The summed E-state index contributed by atoms with van der Waals surface area (Å²) in [5.74, 6) is 2.56. The van der Waals surface area contributed by atoms with Crippen LogP contribution in [0.25, 0.3) is 0 Å². The van der Waals surface area contributed by atoms with Crippen LogP contribution in [0, 0.1) is 0 Å². The highest BCUT2D eigenvalue weighted by molar-refractivity contribution is 5.82. The molecule has 1 amide bonds. The minimum Gasteiger partial charge on any atom is -0.490 e. The van der Waals surface area contributed by atoms with Gasteiger partial charge in [0, 0.05) is 38.3 Å². The minimum absolute atomic E-state index is 0.108. The van der Waals surface area contributed by atoms with Gasteiger partial charge in [-0.05, 0) is 25.3 Å². The molecule has 2 aromatic rings. The predicted molar refractivity (Wildman–Crippen MR) is 104 cm³/mol. The first-order valence-corrected chi connectivity index (χ1v) is 9.48. The number of nitrogens with one attached hydrogen (secondary N) is 1. The van der Waals surface area contributed by atoms with Crippen LogP contribution < -0.4 is 15.0 Å². The van der Waals surface area contributed by atoms with Crippen molar-refractivity contribution < 1.29 is 9.53 Å². The fraction of sp³-hybridized carbons (Fsp3) is 0.450. The van der Waals surface area contributed by atoms with Gasteiger partial charge >= 0.3 is 0 Å². The first kappa shape index (κ1) is 17.6. The summed E-state index contributed by atoms with van der Waals surface area (Å²) < 4.78 is 6.09. The van der Waals surface area contributed by atoms with Gasteiger partial charge in [0.15, 0.2) is 0 Å². The molecule has 2 fully saturated rings. The quantitative estimate of drug-likeness (QED) is 0.845. The third-order valence-corrected chi connectivity index (χ3v) is 5.21. The Hall–Kier alpha value is -2.83. The summed E-state index contributed by atoms with van der Waals surface area (Å²) in [7, 11) is 1.83. The molecule has 1 N–H and O–H groups in total. The molecule has 7 heteroatoms. The highest BCUT2D eigenvalue weighted by atomic mass is 16.5. The van der Waals surface area contributed by atoms with Gasteiger partial charge in [0.2, 0.25) is 5.91 Å². The van der Waals surface area contributed by atoms with Crippen LogP contribution in [0.15, 0.2) is 36.7 Å². The van der Waals surface area contributed by atoms with Crippen molar-refractivity contribution >= 4 is 17.5 Å². The van der Waals surface area contributed by atoms with Gasteiger partial charge in [0.25, 0.3) is 0 Å². The second-order valence-corrected chi connectivity index (χ2v) is 7.13. The average molecular weight is 367 g/mol. The second-order valence-electron chi connectivity index (χ2n) is 7.13. The lowest BCUT2D eigenvalue weighted by atomic mass is 9.96. The van der Waals surface area contributed by atoms with Crippen molar-refractivity contribution in [3.05, 3.63) is 42.2 Å². The molecule has 0 radical (unpaired) electrons. The highest BCUT2D eigenvalue weighted by Crippen LogP contribution is 2.28. The molecule has 1 aliphatic carbocycles. The molecule has 0 bridgehead atoms. The van der Waals surface area contributed by atoms with Crippen LogP contribution in [0.5, 0.6) is 5.75 Å². The number of anilines is 2. The standard InChI is InChI=1S/C20H25N5O2/c1-24-9-10-25(13-20(24)26)19-11-18(22-14-23-19)21-12-15-5-2-3-8-17(15)27-16-6-4-7-16/h2-3,5,8,11,14,16H,4,6-7,9-10,12-13H2,1H3,(H,21,22,23). The Kier molecular flexibility index (Phi) is 5.09. The van der Waals surface area contributed by atoms with Crippen molar-refractivity contribution in [1.82, 2.24) is 14.9 Å². The van der Waals surface area contributed by atoms with E-state index in [-0.39, 0.29) is 5.91 Å². The number of piperazine rings is 1. The predicted octanol–water partition coefficient (Wildman–Crippen LogP) is 2.30. The molecule has 1 aliphatic heterocycles. The number of aromatic nitrogens is 2. The molecule has 0 spiro atoms. The number of rotatable bonds is 6. The topological polar surface area (TPSA) is 70.6 Å². The van der Waals surface area contributed by atoms with Crippen LogP contribution in [0.1, 0.15) is 24.8 Å². The zero-order chi connectivity index (χ0) is 18.6. The maximum atomic E-state index is 11.9. The van der Waals surface area contributed by atoms with E-state index < -0.39 is 0 Å². The number of amides is 1. The van der Waals surface area contributed by atoms with E-state index in [1.165, 1.54) is 12.7 Å². The number of para-hydroxylation sites is 1. The number of ether oxygens (including phenoxy) is 1. The van der Waals surface area contributed by atoms with Crippen molar-refractivity contribution in [3.8, 4) is 5.75 Å². The van der Waals surface area contributed by atoms with E-state index in [0.29, 0.717) is 25.7 Å². The van der Waals surface area contributed by atoms with Gasteiger partial charge in [-0.3, -0.25) is 4.79 Å². The molecule has 1 aromatic carbocycles. The number of hydrogen-bond acceptors (Lipinski definition) is 6. The van der Waals surface area contributed by atoms with Gasteiger partial charge < -0.3 is 19.9 Å². The molecule has 2 heterocycles. The summed E-state index contributed by atoms with van der Waals surface area (Å²) in [5.41, 5.74) is 1.11. The lowest BCUT2D eigenvalue weighted by Crippen LogP contribution is -2.48. The van der Waals surface area contributed by atoms with Crippen LogP contribution in [-0.4, -0.2) is 53.6 Å². The van der Waals surface area contributed by atoms with Gasteiger partial charge in [0.05, 0.1) is 12.6 Å². The van der Waals surface area contributed by atoms with Gasteiger partial charge in [-0.15, -0.1) is 0 Å². The summed E-state index contributed by atoms with van der Waals surface area (Å²) in [4.78, 5) is 24.3. The zero-order valence-electron chi connectivity index (χ0n) is 15.6. The van der Waals surface area contributed by atoms with Crippen molar-refractivity contribution in [2.24, 2.45) is 0 Å². The second kappa shape index (κ2) is 7.82. The fourth-order valence-corrected chi connectivity index (χ4v) is 3.19. The van der Waals surface area contributed by atoms with E-state index >= 15 is 0 Å². The van der Waals surface area contributed by atoms with E-state index in [4.69, 9.17) is 4.74 Å². The lowest BCUT2D eigenvalue weighted by molar-refractivity contribution is -0.129. The van der Waals surface area contributed by atoms with Gasteiger partial charge in [0.1, 0.15) is 23.7 Å². The molecule has 1 saturated heterocycles.